The minimum Gasteiger partial charge on any atom is -0.480 e. The number of hydrogen-bond acceptors (Lipinski definition) is 3. The molecule has 0 saturated carbocycles. The van der Waals surface area contributed by atoms with Crippen LogP contribution in [0, 0.1) is 5.92 Å². The van der Waals surface area contributed by atoms with Crippen LogP contribution < -0.4 is 5.32 Å². The molecule has 0 aliphatic heterocycles. The standard InChI is InChI=1S/C13H25NO3S/c1-5-6-7-8-14-12(15)10(4)18-11(9(2)3)13(16)17/h9-11H,5-8H2,1-4H3,(H,14,15)(H,16,17). The molecule has 0 aromatic rings. The number of rotatable bonds is 9. The summed E-state index contributed by atoms with van der Waals surface area (Å²) < 4.78 is 0. The normalized spacial score (nSPS) is 14.3. The van der Waals surface area contributed by atoms with Crippen LogP contribution in [-0.4, -0.2) is 34.0 Å². The maximum atomic E-state index is 11.8. The first kappa shape index (κ1) is 17.3. The first-order valence-electron chi connectivity index (χ1n) is 6.56. The number of unbranched alkanes of at least 4 members (excludes halogenated alkanes) is 2. The lowest BCUT2D eigenvalue weighted by Crippen LogP contribution is -2.35. The molecule has 0 aromatic carbocycles. The van der Waals surface area contributed by atoms with Gasteiger partial charge in [-0.25, -0.2) is 0 Å². The molecule has 18 heavy (non-hydrogen) atoms. The molecule has 0 heterocycles. The van der Waals surface area contributed by atoms with Crippen molar-refractivity contribution in [1.29, 1.82) is 0 Å². The minimum atomic E-state index is -0.847. The van der Waals surface area contributed by atoms with Crippen LogP contribution in [0.3, 0.4) is 0 Å². The predicted octanol–water partition coefficient (Wildman–Crippen LogP) is 2.52. The molecule has 0 aliphatic carbocycles. The van der Waals surface area contributed by atoms with Gasteiger partial charge in [-0.3, -0.25) is 9.59 Å². The Bertz CT molecular complexity index is 269. The number of carboxylic acids is 1. The average Bonchev–Trinajstić information content (AvgIpc) is 2.30. The summed E-state index contributed by atoms with van der Waals surface area (Å²) in [4.78, 5) is 22.8. The van der Waals surface area contributed by atoms with E-state index in [1.54, 1.807) is 6.92 Å². The molecule has 4 nitrogen and oxygen atoms in total. The van der Waals surface area contributed by atoms with Gasteiger partial charge >= 0.3 is 5.97 Å². The van der Waals surface area contributed by atoms with Crippen molar-refractivity contribution in [3.8, 4) is 0 Å². The fraction of sp³-hybridized carbons (Fsp3) is 0.846. The third-order valence-electron chi connectivity index (χ3n) is 2.65. The van der Waals surface area contributed by atoms with Gasteiger partial charge in [0.2, 0.25) is 5.91 Å². The van der Waals surface area contributed by atoms with Gasteiger partial charge in [-0.05, 0) is 19.3 Å². The lowest BCUT2D eigenvalue weighted by molar-refractivity contribution is -0.137. The van der Waals surface area contributed by atoms with Crippen molar-refractivity contribution in [1.82, 2.24) is 5.32 Å². The number of thioether (sulfide) groups is 1. The van der Waals surface area contributed by atoms with Gasteiger partial charge < -0.3 is 10.4 Å². The topological polar surface area (TPSA) is 66.4 Å². The average molecular weight is 275 g/mol. The molecule has 2 atom stereocenters. The molecule has 0 radical (unpaired) electrons. The Hall–Kier alpha value is -0.710. The van der Waals surface area contributed by atoms with Crippen molar-refractivity contribution in [2.75, 3.05) is 6.54 Å². The third kappa shape index (κ3) is 6.89. The summed E-state index contributed by atoms with van der Waals surface area (Å²) >= 11 is 1.22. The minimum absolute atomic E-state index is 0.0165. The van der Waals surface area contributed by atoms with Crippen LogP contribution in [0.5, 0.6) is 0 Å². The Morgan fingerprint density at radius 3 is 2.28 bits per heavy atom. The van der Waals surface area contributed by atoms with Crippen LogP contribution in [0.1, 0.15) is 47.0 Å². The quantitative estimate of drug-likeness (QED) is 0.635. The van der Waals surface area contributed by atoms with Crippen molar-refractivity contribution >= 4 is 23.6 Å². The van der Waals surface area contributed by atoms with Gasteiger partial charge in [0.25, 0.3) is 0 Å². The molecule has 0 saturated heterocycles. The zero-order chi connectivity index (χ0) is 14.1. The SMILES string of the molecule is CCCCCNC(=O)C(C)SC(C(=O)O)C(C)C. The fourth-order valence-corrected chi connectivity index (χ4v) is 2.59. The number of carbonyl (C=O) groups is 2. The highest BCUT2D eigenvalue weighted by molar-refractivity contribution is 8.01. The molecule has 0 aromatic heterocycles. The number of amides is 1. The van der Waals surface area contributed by atoms with E-state index < -0.39 is 11.2 Å². The summed E-state index contributed by atoms with van der Waals surface area (Å²) in [5.74, 6) is -0.897. The van der Waals surface area contributed by atoms with E-state index in [0.29, 0.717) is 6.54 Å². The molecule has 5 heteroatoms. The lowest BCUT2D eigenvalue weighted by atomic mass is 10.1. The Balaban J connectivity index is 4.09. The van der Waals surface area contributed by atoms with E-state index in [4.69, 9.17) is 5.11 Å². The van der Waals surface area contributed by atoms with Gasteiger partial charge in [-0.1, -0.05) is 33.6 Å². The highest BCUT2D eigenvalue weighted by Gasteiger charge is 2.27. The predicted molar refractivity (Wildman–Crippen MR) is 75.8 cm³/mol. The zero-order valence-corrected chi connectivity index (χ0v) is 12.5. The number of carbonyl (C=O) groups excluding carboxylic acids is 1. The Morgan fingerprint density at radius 1 is 1.22 bits per heavy atom. The highest BCUT2D eigenvalue weighted by Crippen LogP contribution is 2.24. The van der Waals surface area contributed by atoms with Crippen LogP contribution >= 0.6 is 11.8 Å². The van der Waals surface area contributed by atoms with Crippen molar-refractivity contribution in [3.63, 3.8) is 0 Å². The van der Waals surface area contributed by atoms with Gasteiger partial charge in [-0.2, -0.15) is 0 Å². The first-order valence-corrected chi connectivity index (χ1v) is 7.50. The van der Waals surface area contributed by atoms with Crippen molar-refractivity contribution < 1.29 is 14.7 Å². The molecule has 0 fully saturated rings. The summed E-state index contributed by atoms with van der Waals surface area (Å²) in [6.45, 7) is 8.27. The van der Waals surface area contributed by atoms with Gasteiger partial charge in [0, 0.05) is 6.54 Å². The molecular weight excluding hydrogens is 250 g/mol. The first-order chi connectivity index (χ1) is 8.40. The van der Waals surface area contributed by atoms with Crippen molar-refractivity contribution in [2.24, 2.45) is 5.92 Å². The molecule has 106 valence electrons. The van der Waals surface area contributed by atoms with Crippen LogP contribution in [-0.2, 0) is 9.59 Å². The summed E-state index contributed by atoms with van der Waals surface area (Å²) in [6, 6.07) is 0. The Kier molecular flexibility index (Phi) is 8.89. The molecule has 1 amide bonds. The largest absolute Gasteiger partial charge is 0.480 e. The Morgan fingerprint density at radius 2 is 1.83 bits per heavy atom. The van der Waals surface area contributed by atoms with Gasteiger partial charge in [0.1, 0.15) is 5.25 Å². The van der Waals surface area contributed by atoms with Gasteiger partial charge in [0.15, 0.2) is 0 Å². The molecule has 0 bridgehead atoms. The van der Waals surface area contributed by atoms with E-state index in [-0.39, 0.29) is 17.1 Å². The summed E-state index contributed by atoms with van der Waals surface area (Å²) in [5.41, 5.74) is 0. The third-order valence-corrected chi connectivity index (χ3v) is 4.31. The van der Waals surface area contributed by atoms with E-state index >= 15 is 0 Å². The molecule has 0 spiro atoms. The van der Waals surface area contributed by atoms with Crippen LogP contribution in [0.25, 0.3) is 0 Å². The molecule has 2 unspecified atom stereocenters. The maximum absolute atomic E-state index is 11.8. The molecule has 2 N–H and O–H groups in total. The second kappa shape index (κ2) is 9.25. The van der Waals surface area contributed by atoms with Crippen molar-refractivity contribution in [2.45, 2.75) is 57.5 Å². The van der Waals surface area contributed by atoms with Gasteiger partial charge in [-0.15, -0.1) is 11.8 Å². The van der Waals surface area contributed by atoms with E-state index in [1.165, 1.54) is 11.8 Å². The van der Waals surface area contributed by atoms with E-state index in [9.17, 15) is 9.59 Å². The summed E-state index contributed by atoms with van der Waals surface area (Å²) in [6.07, 6.45) is 3.20. The van der Waals surface area contributed by atoms with E-state index in [2.05, 4.69) is 12.2 Å². The van der Waals surface area contributed by atoms with Crippen LogP contribution in [0.15, 0.2) is 0 Å². The second-order valence-corrected chi connectivity index (χ2v) is 6.27. The fourth-order valence-electron chi connectivity index (χ4n) is 1.51. The number of hydrogen-bond donors (Lipinski definition) is 2. The highest BCUT2D eigenvalue weighted by atomic mass is 32.2. The Labute approximate surface area is 114 Å². The van der Waals surface area contributed by atoms with Crippen LogP contribution in [0.2, 0.25) is 0 Å². The second-order valence-electron chi connectivity index (χ2n) is 4.78. The van der Waals surface area contributed by atoms with Crippen LogP contribution in [0.4, 0.5) is 0 Å². The number of aliphatic carboxylic acids is 1. The maximum Gasteiger partial charge on any atom is 0.316 e. The van der Waals surface area contributed by atoms with Crippen molar-refractivity contribution in [3.05, 3.63) is 0 Å². The molecule has 0 aliphatic rings. The zero-order valence-electron chi connectivity index (χ0n) is 11.7. The number of carboxylic acid groups (broad SMARTS) is 1. The van der Waals surface area contributed by atoms with Gasteiger partial charge in [0.05, 0.1) is 5.25 Å². The molecular formula is C13H25NO3S. The summed E-state index contributed by atoms with van der Waals surface area (Å²) in [7, 11) is 0. The summed E-state index contributed by atoms with van der Waals surface area (Å²) in [5, 5.41) is 11.1. The monoisotopic (exact) mass is 275 g/mol. The lowest BCUT2D eigenvalue weighted by Gasteiger charge is -2.19. The van der Waals surface area contributed by atoms with E-state index in [0.717, 1.165) is 19.3 Å². The van der Waals surface area contributed by atoms with E-state index in [1.807, 2.05) is 13.8 Å². The smallest absolute Gasteiger partial charge is 0.316 e. The molecule has 0 rings (SSSR count). The number of nitrogens with one attached hydrogen (secondary N) is 1.